The third-order valence-electron chi connectivity index (χ3n) is 5.28. The number of para-hydroxylation sites is 1. The molecule has 1 aliphatic rings. The molecule has 0 aliphatic carbocycles. The van der Waals surface area contributed by atoms with Gasteiger partial charge < -0.3 is 14.8 Å². The van der Waals surface area contributed by atoms with E-state index in [1.165, 1.54) is 4.90 Å². The number of fused-ring (bicyclic) bond motifs is 1. The topological polar surface area (TPSA) is 86.4 Å². The lowest BCUT2D eigenvalue weighted by atomic mass is 10.1. The maximum atomic E-state index is 12.9. The van der Waals surface area contributed by atoms with E-state index in [2.05, 4.69) is 9.97 Å². The molecule has 8 heteroatoms. The molecule has 2 amide bonds. The van der Waals surface area contributed by atoms with Gasteiger partial charge in [0.2, 0.25) is 11.8 Å². The van der Waals surface area contributed by atoms with E-state index in [4.69, 9.17) is 0 Å². The Morgan fingerprint density at radius 1 is 1.20 bits per heavy atom. The molecule has 1 N–H and O–H groups in total. The molecule has 2 heterocycles. The van der Waals surface area contributed by atoms with Crippen molar-refractivity contribution in [1.29, 1.82) is 0 Å². The Balaban J connectivity index is 1.46. The zero-order valence-electron chi connectivity index (χ0n) is 16.8. The normalized spacial score (nSPS) is 16.3. The van der Waals surface area contributed by atoms with Crippen molar-refractivity contribution in [3.63, 3.8) is 0 Å². The summed E-state index contributed by atoms with van der Waals surface area (Å²) in [4.78, 5) is 49.2. The van der Waals surface area contributed by atoms with Gasteiger partial charge in [-0.3, -0.25) is 14.4 Å². The Hall–Kier alpha value is -3.13. The van der Waals surface area contributed by atoms with Crippen molar-refractivity contribution in [2.24, 2.45) is 5.92 Å². The minimum atomic E-state index is -0.421. The molecule has 1 aliphatic heterocycles. The molecule has 4 rings (SSSR count). The molecule has 154 valence electrons. The quantitative estimate of drug-likeness (QED) is 0.639. The van der Waals surface area contributed by atoms with Gasteiger partial charge in [0.1, 0.15) is 5.82 Å². The van der Waals surface area contributed by atoms with Gasteiger partial charge in [0.15, 0.2) is 0 Å². The number of benzene rings is 2. The van der Waals surface area contributed by atoms with Crippen molar-refractivity contribution >= 4 is 40.2 Å². The maximum absolute atomic E-state index is 12.9. The smallest absolute Gasteiger partial charge is 0.258 e. The maximum Gasteiger partial charge on any atom is 0.258 e. The lowest BCUT2D eigenvalue weighted by Crippen LogP contribution is -2.35. The average molecular weight is 423 g/mol. The van der Waals surface area contributed by atoms with E-state index in [1.807, 2.05) is 36.6 Å². The SMILES string of the molecule is CSc1ccc(N2C[C@H](C(=O)N(C)Cc3nc4ccccc4c(=O)[nH]3)CC2=O)cc1. The first-order valence-electron chi connectivity index (χ1n) is 9.63. The molecule has 1 saturated heterocycles. The zero-order valence-corrected chi connectivity index (χ0v) is 17.6. The van der Waals surface area contributed by atoms with Crippen LogP contribution in [0.25, 0.3) is 10.9 Å². The van der Waals surface area contributed by atoms with Gasteiger partial charge >= 0.3 is 0 Å². The molecule has 0 bridgehead atoms. The first-order valence-corrected chi connectivity index (χ1v) is 10.9. The molecule has 0 spiro atoms. The molecule has 1 atom stereocenters. The number of aromatic nitrogens is 2. The fourth-order valence-electron chi connectivity index (χ4n) is 3.71. The van der Waals surface area contributed by atoms with Gasteiger partial charge in [-0.15, -0.1) is 11.8 Å². The molecule has 2 aromatic carbocycles. The summed E-state index contributed by atoms with van der Waals surface area (Å²) in [6.07, 6.45) is 2.17. The van der Waals surface area contributed by atoms with Crippen LogP contribution in [0.2, 0.25) is 0 Å². The first-order chi connectivity index (χ1) is 14.5. The van der Waals surface area contributed by atoms with E-state index in [9.17, 15) is 14.4 Å². The van der Waals surface area contributed by atoms with E-state index < -0.39 is 5.92 Å². The lowest BCUT2D eigenvalue weighted by Gasteiger charge is -2.21. The number of hydrogen-bond donors (Lipinski definition) is 1. The van der Waals surface area contributed by atoms with Crippen LogP contribution >= 0.6 is 11.8 Å². The lowest BCUT2D eigenvalue weighted by molar-refractivity contribution is -0.135. The van der Waals surface area contributed by atoms with E-state index in [-0.39, 0.29) is 30.3 Å². The number of anilines is 1. The third kappa shape index (κ3) is 3.95. The number of hydrogen-bond acceptors (Lipinski definition) is 5. The summed E-state index contributed by atoms with van der Waals surface area (Å²) in [7, 11) is 1.66. The van der Waals surface area contributed by atoms with Crippen LogP contribution in [0.3, 0.4) is 0 Å². The molecule has 30 heavy (non-hydrogen) atoms. The third-order valence-corrected chi connectivity index (χ3v) is 6.03. The first kappa shape index (κ1) is 20.2. The summed E-state index contributed by atoms with van der Waals surface area (Å²) in [6, 6.07) is 14.8. The summed E-state index contributed by atoms with van der Waals surface area (Å²) in [5.74, 6) is -0.198. The summed E-state index contributed by atoms with van der Waals surface area (Å²) in [6.45, 7) is 0.522. The van der Waals surface area contributed by atoms with Crippen LogP contribution in [0.4, 0.5) is 5.69 Å². The number of thioether (sulfide) groups is 1. The van der Waals surface area contributed by atoms with Crippen LogP contribution in [-0.2, 0) is 16.1 Å². The predicted molar refractivity (Wildman–Crippen MR) is 118 cm³/mol. The van der Waals surface area contributed by atoms with Crippen LogP contribution in [0.5, 0.6) is 0 Å². The highest BCUT2D eigenvalue weighted by Gasteiger charge is 2.36. The molecule has 1 aromatic heterocycles. The number of carbonyl (C=O) groups excluding carboxylic acids is 2. The van der Waals surface area contributed by atoms with Crippen molar-refractivity contribution in [1.82, 2.24) is 14.9 Å². The monoisotopic (exact) mass is 422 g/mol. The number of nitrogens with one attached hydrogen (secondary N) is 1. The Kier molecular flexibility index (Phi) is 5.59. The average Bonchev–Trinajstić information content (AvgIpc) is 3.14. The molecule has 7 nitrogen and oxygen atoms in total. The number of carbonyl (C=O) groups is 2. The van der Waals surface area contributed by atoms with Gasteiger partial charge in [-0.05, 0) is 42.7 Å². The number of amides is 2. The van der Waals surface area contributed by atoms with E-state index >= 15 is 0 Å². The zero-order chi connectivity index (χ0) is 21.3. The van der Waals surface area contributed by atoms with Crippen molar-refractivity contribution in [3.8, 4) is 0 Å². The summed E-state index contributed by atoms with van der Waals surface area (Å²) >= 11 is 1.64. The van der Waals surface area contributed by atoms with Crippen molar-refractivity contribution in [3.05, 3.63) is 64.7 Å². The van der Waals surface area contributed by atoms with E-state index in [0.717, 1.165) is 10.6 Å². The highest BCUT2D eigenvalue weighted by Crippen LogP contribution is 2.28. The fourth-order valence-corrected chi connectivity index (χ4v) is 4.12. The van der Waals surface area contributed by atoms with Crippen LogP contribution in [-0.4, -0.2) is 46.5 Å². The van der Waals surface area contributed by atoms with Gasteiger partial charge in [0.05, 0.1) is 23.4 Å². The van der Waals surface area contributed by atoms with Gasteiger partial charge in [0.25, 0.3) is 5.56 Å². The Morgan fingerprint density at radius 3 is 2.67 bits per heavy atom. The van der Waals surface area contributed by atoms with Crippen molar-refractivity contribution in [2.45, 2.75) is 17.9 Å². The fraction of sp³-hybridized carbons (Fsp3) is 0.273. The van der Waals surface area contributed by atoms with Crippen LogP contribution in [0.15, 0.2) is 58.2 Å². The summed E-state index contributed by atoms with van der Waals surface area (Å²) < 4.78 is 0. The van der Waals surface area contributed by atoms with E-state index in [1.54, 1.807) is 41.9 Å². The number of H-pyrrole nitrogens is 1. The predicted octanol–water partition coefficient (Wildman–Crippen LogP) is 2.66. The Morgan fingerprint density at radius 2 is 1.93 bits per heavy atom. The van der Waals surface area contributed by atoms with Gasteiger partial charge in [0, 0.05) is 30.6 Å². The van der Waals surface area contributed by atoms with Gasteiger partial charge in [-0.1, -0.05) is 12.1 Å². The minimum Gasteiger partial charge on any atom is -0.338 e. The number of nitrogens with zero attached hydrogens (tertiary/aromatic N) is 3. The second kappa shape index (κ2) is 8.31. The summed E-state index contributed by atoms with van der Waals surface area (Å²) in [5.41, 5.74) is 1.16. The van der Waals surface area contributed by atoms with Crippen molar-refractivity contribution < 1.29 is 9.59 Å². The standard InChI is InChI=1S/C22H22N4O3S/c1-25(13-19-23-18-6-4-3-5-17(18)21(28)24-19)22(29)14-11-20(27)26(12-14)15-7-9-16(30-2)10-8-15/h3-10,14H,11-13H2,1-2H3,(H,23,24,28)/t14-/m1/s1. The van der Waals surface area contributed by atoms with Crippen LogP contribution in [0.1, 0.15) is 12.2 Å². The van der Waals surface area contributed by atoms with Gasteiger partial charge in [-0.25, -0.2) is 4.98 Å². The second-order valence-electron chi connectivity index (χ2n) is 7.33. The molecule has 1 fully saturated rings. The van der Waals surface area contributed by atoms with Crippen LogP contribution < -0.4 is 10.5 Å². The molecule has 0 unspecified atom stereocenters. The minimum absolute atomic E-state index is 0.0594. The highest BCUT2D eigenvalue weighted by molar-refractivity contribution is 7.98. The molecule has 0 radical (unpaired) electrons. The van der Waals surface area contributed by atoms with Gasteiger partial charge in [-0.2, -0.15) is 0 Å². The van der Waals surface area contributed by atoms with Crippen molar-refractivity contribution in [2.75, 3.05) is 24.7 Å². The number of rotatable bonds is 5. The molecular formula is C22H22N4O3S. The molecular weight excluding hydrogens is 400 g/mol. The van der Waals surface area contributed by atoms with Crippen LogP contribution in [0, 0.1) is 5.92 Å². The van der Waals surface area contributed by atoms with E-state index in [0.29, 0.717) is 23.3 Å². The number of aromatic amines is 1. The molecule has 0 saturated carbocycles. The second-order valence-corrected chi connectivity index (χ2v) is 8.21. The summed E-state index contributed by atoms with van der Waals surface area (Å²) in [5, 5.41) is 0.514. The molecule has 3 aromatic rings. The highest BCUT2D eigenvalue weighted by atomic mass is 32.2. The Bertz CT molecular complexity index is 1160. The largest absolute Gasteiger partial charge is 0.338 e. The Labute approximate surface area is 178 Å².